The van der Waals surface area contributed by atoms with E-state index in [4.69, 9.17) is 0 Å². The molecule has 0 spiro atoms. The van der Waals surface area contributed by atoms with E-state index in [0.717, 1.165) is 6.54 Å². The Morgan fingerprint density at radius 3 is 2.82 bits per heavy atom. The van der Waals surface area contributed by atoms with Crippen LogP contribution in [0, 0.1) is 5.92 Å². The van der Waals surface area contributed by atoms with Crippen LogP contribution >= 0.6 is 15.9 Å². The molecular weight excluding hydrogens is 282 g/mol. The Balaban J connectivity index is 1.79. The molecule has 1 aliphatic carbocycles. The molecule has 0 unspecified atom stereocenters. The largest absolute Gasteiger partial charge is 0.350 e. The van der Waals surface area contributed by atoms with Crippen LogP contribution in [0.5, 0.6) is 0 Å². The van der Waals surface area contributed by atoms with Crippen LogP contribution in [0.2, 0.25) is 0 Å². The fraction of sp³-hybridized carbons (Fsp3) is 0.667. The third-order valence-corrected chi connectivity index (χ3v) is 4.29. The van der Waals surface area contributed by atoms with Crippen molar-refractivity contribution in [3.05, 3.63) is 18.2 Å². The third-order valence-electron chi connectivity index (χ3n) is 3.38. The standard InChI is InChI=1S/C12H18BrN3O/c1-16-8-14-7-11(16)12(17)15-6-9-2-4-10(13)5-3-9/h7-10H,2-6H2,1H3,(H,15,17). The fourth-order valence-electron chi connectivity index (χ4n) is 2.23. The number of alkyl halides is 1. The molecule has 1 aromatic rings. The number of aryl methyl sites for hydroxylation is 1. The normalized spacial score (nSPS) is 24.6. The first kappa shape index (κ1) is 12.6. The smallest absolute Gasteiger partial charge is 0.269 e. The van der Waals surface area contributed by atoms with E-state index in [1.165, 1.54) is 25.7 Å². The zero-order chi connectivity index (χ0) is 12.3. The van der Waals surface area contributed by atoms with Crippen LogP contribution in [0.15, 0.2) is 12.5 Å². The summed E-state index contributed by atoms with van der Waals surface area (Å²) in [5.74, 6) is 0.604. The average molecular weight is 300 g/mol. The first-order valence-electron chi connectivity index (χ1n) is 6.05. The molecule has 1 fully saturated rings. The molecule has 1 amide bonds. The Bertz CT molecular complexity index is 383. The molecule has 0 atom stereocenters. The van der Waals surface area contributed by atoms with Gasteiger partial charge in [0.2, 0.25) is 0 Å². The van der Waals surface area contributed by atoms with Crippen molar-refractivity contribution >= 4 is 21.8 Å². The number of nitrogens with zero attached hydrogens (tertiary/aromatic N) is 2. The van der Waals surface area contributed by atoms with Crippen molar-refractivity contribution in [1.29, 1.82) is 0 Å². The van der Waals surface area contributed by atoms with E-state index >= 15 is 0 Å². The molecule has 0 saturated heterocycles. The number of carbonyl (C=O) groups is 1. The lowest BCUT2D eigenvalue weighted by Gasteiger charge is -2.25. The predicted molar refractivity (Wildman–Crippen MR) is 70.2 cm³/mol. The van der Waals surface area contributed by atoms with Crippen LogP contribution in [0.4, 0.5) is 0 Å². The number of aromatic nitrogens is 2. The van der Waals surface area contributed by atoms with Gasteiger partial charge in [-0.2, -0.15) is 0 Å². The van der Waals surface area contributed by atoms with Gasteiger partial charge in [0.1, 0.15) is 5.69 Å². The molecule has 0 aliphatic heterocycles. The molecular formula is C12H18BrN3O. The summed E-state index contributed by atoms with van der Waals surface area (Å²) in [5.41, 5.74) is 0.624. The van der Waals surface area contributed by atoms with Crippen molar-refractivity contribution in [1.82, 2.24) is 14.9 Å². The molecule has 2 rings (SSSR count). The van der Waals surface area contributed by atoms with Crippen molar-refractivity contribution in [3.63, 3.8) is 0 Å². The molecule has 1 heterocycles. The highest BCUT2D eigenvalue weighted by Gasteiger charge is 2.20. The minimum absolute atomic E-state index is 0.0223. The number of nitrogens with one attached hydrogen (secondary N) is 1. The van der Waals surface area contributed by atoms with Crippen LogP contribution in [-0.4, -0.2) is 26.8 Å². The number of amides is 1. The van der Waals surface area contributed by atoms with Crippen molar-refractivity contribution in [2.75, 3.05) is 6.54 Å². The molecule has 1 aliphatic rings. The van der Waals surface area contributed by atoms with Crippen LogP contribution in [0.3, 0.4) is 0 Å². The number of rotatable bonds is 3. The lowest BCUT2D eigenvalue weighted by molar-refractivity contribution is 0.0935. The van der Waals surface area contributed by atoms with Gasteiger partial charge in [0.05, 0.1) is 12.5 Å². The van der Waals surface area contributed by atoms with Gasteiger partial charge in [0.15, 0.2) is 0 Å². The topological polar surface area (TPSA) is 46.9 Å². The van der Waals surface area contributed by atoms with Gasteiger partial charge in [0, 0.05) is 18.4 Å². The van der Waals surface area contributed by atoms with Crippen LogP contribution in [0.25, 0.3) is 0 Å². The van der Waals surface area contributed by atoms with Gasteiger partial charge < -0.3 is 9.88 Å². The maximum absolute atomic E-state index is 11.9. The van der Waals surface area contributed by atoms with Crippen molar-refractivity contribution in [3.8, 4) is 0 Å². The maximum atomic E-state index is 11.9. The summed E-state index contributed by atoms with van der Waals surface area (Å²) in [5, 5.41) is 3.00. The summed E-state index contributed by atoms with van der Waals surface area (Å²) in [7, 11) is 1.83. The van der Waals surface area contributed by atoms with Crippen LogP contribution in [-0.2, 0) is 7.05 Å². The van der Waals surface area contributed by atoms with E-state index in [0.29, 0.717) is 16.4 Å². The van der Waals surface area contributed by atoms with Crippen molar-refractivity contribution in [2.45, 2.75) is 30.5 Å². The van der Waals surface area contributed by atoms with Gasteiger partial charge in [-0.25, -0.2) is 4.98 Å². The summed E-state index contributed by atoms with van der Waals surface area (Å²) >= 11 is 3.64. The second-order valence-corrected chi connectivity index (χ2v) is 6.01. The third kappa shape index (κ3) is 3.31. The molecule has 5 heteroatoms. The molecule has 0 bridgehead atoms. The molecule has 17 heavy (non-hydrogen) atoms. The van der Waals surface area contributed by atoms with Gasteiger partial charge >= 0.3 is 0 Å². The van der Waals surface area contributed by atoms with Gasteiger partial charge in [-0.05, 0) is 31.6 Å². The number of hydrogen-bond acceptors (Lipinski definition) is 2. The van der Waals surface area contributed by atoms with Crippen molar-refractivity contribution < 1.29 is 4.79 Å². The Hall–Kier alpha value is -0.840. The van der Waals surface area contributed by atoms with E-state index in [9.17, 15) is 4.79 Å². The van der Waals surface area contributed by atoms with E-state index in [1.54, 1.807) is 17.1 Å². The first-order valence-corrected chi connectivity index (χ1v) is 6.97. The number of halogens is 1. The van der Waals surface area contributed by atoms with Crippen LogP contribution in [0.1, 0.15) is 36.2 Å². The number of carbonyl (C=O) groups excluding carboxylic acids is 1. The summed E-state index contributed by atoms with van der Waals surface area (Å²) in [4.78, 5) is 16.5. The van der Waals surface area contributed by atoms with Gasteiger partial charge in [-0.15, -0.1) is 0 Å². The maximum Gasteiger partial charge on any atom is 0.269 e. The van der Waals surface area contributed by atoms with E-state index in [1.807, 2.05) is 7.05 Å². The van der Waals surface area contributed by atoms with Gasteiger partial charge in [0.25, 0.3) is 5.91 Å². The summed E-state index contributed by atoms with van der Waals surface area (Å²) in [6, 6.07) is 0. The molecule has 0 radical (unpaired) electrons. The number of hydrogen-bond donors (Lipinski definition) is 1. The minimum atomic E-state index is -0.0223. The summed E-state index contributed by atoms with van der Waals surface area (Å²) in [6.07, 6.45) is 8.07. The Morgan fingerprint density at radius 2 is 2.24 bits per heavy atom. The molecule has 1 aromatic heterocycles. The highest BCUT2D eigenvalue weighted by Crippen LogP contribution is 2.28. The molecule has 1 saturated carbocycles. The van der Waals surface area contributed by atoms with Gasteiger partial charge in [-0.1, -0.05) is 15.9 Å². The fourth-order valence-corrected chi connectivity index (χ4v) is 2.76. The van der Waals surface area contributed by atoms with Crippen molar-refractivity contribution in [2.24, 2.45) is 13.0 Å². The second-order valence-electron chi connectivity index (χ2n) is 4.72. The average Bonchev–Trinajstić information content (AvgIpc) is 2.74. The van der Waals surface area contributed by atoms with Crippen LogP contribution < -0.4 is 5.32 Å². The van der Waals surface area contributed by atoms with Gasteiger partial charge in [-0.3, -0.25) is 4.79 Å². The Labute approximate surface area is 110 Å². The second kappa shape index (κ2) is 5.67. The molecule has 94 valence electrons. The predicted octanol–water partition coefficient (Wildman–Crippen LogP) is 2.10. The monoisotopic (exact) mass is 299 g/mol. The minimum Gasteiger partial charge on any atom is -0.350 e. The Morgan fingerprint density at radius 1 is 1.53 bits per heavy atom. The zero-order valence-corrected chi connectivity index (χ0v) is 11.6. The lowest BCUT2D eigenvalue weighted by atomic mass is 9.89. The highest BCUT2D eigenvalue weighted by molar-refractivity contribution is 9.09. The summed E-state index contributed by atoms with van der Waals surface area (Å²) < 4.78 is 1.74. The number of imidazole rings is 1. The SMILES string of the molecule is Cn1cncc1C(=O)NCC1CCC(Br)CC1. The lowest BCUT2D eigenvalue weighted by Crippen LogP contribution is -2.32. The zero-order valence-electron chi connectivity index (χ0n) is 10.0. The Kier molecular flexibility index (Phi) is 4.20. The highest BCUT2D eigenvalue weighted by atomic mass is 79.9. The first-order chi connectivity index (χ1) is 8.16. The van der Waals surface area contributed by atoms with E-state index < -0.39 is 0 Å². The quantitative estimate of drug-likeness (QED) is 0.869. The molecule has 1 N–H and O–H groups in total. The molecule has 4 nitrogen and oxygen atoms in total. The van der Waals surface area contributed by atoms with E-state index in [-0.39, 0.29) is 5.91 Å². The van der Waals surface area contributed by atoms with E-state index in [2.05, 4.69) is 26.2 Å². The summed E-state index contributed by atoms with van der Waals surface area (Å²) in [6.45, 7) is 0.781. The molecule has 0 aromatic carbocycles.